The second-order valence-electron chi connectivity index (χ2n) is 7.04. The van der Waals surface area contributed by atoms with Crippen molar-refractivity contribution >= 4 is 40.7 Å². The predicted octanol–water partition coefficient (Wildman–Crippen LogP) is 5.72. The zero-order chi connectivity index (χ0) is 18.8. The Bertz CT molecular complexity index is 575. The van der Waals surface area contributed by atoms with Gasteiger partial charge in [-0.25, -0.2) is 0 Å². The summed E-state index contributed by atoms with van der Waals surface area (Å²) in [5.74, 6) is -1.28. The number of benzene rings is 1. The van der Waals surface area contributed by atoms with E-state index in [1.54, 1.807) is 18.2 Å². The molecule has 0 aromatic heterocycles. The molecule has 0 atom stereocenters. The highest BCUT2D eigenvalue weighted by Crippen LogP contribution is 2.22. The number of amides is 2. The molecule has 0 saturated heterocycles. The molecule has 4 nitrogen and oxygen atoms in total. The van der Waals surface area contributed by atoms with Gasteiger partial charge >= 0.3 is 11.8 Å². The molecule has 1 aliphatic carbocycles. The third-order valence-corrected chi connectivity index (χ3v) is 5.20. The Labute approximate surface area is 166 Å². The molecule has 26 heavy (non-hydrogen) atoms. The number of nitrogens with one attached hydrogen (secondary N) is 2. The van der Waals surface area contributed by atoms with Crippen molar-refractivity contribution in [3.05, 3.63) is 28.2 Å². The highest BCUT2D eigenvalue weighted by molar-refractivity contribution is 6.40. The highest BCUT2D eigenvalue weighted by atomic mass is 35.5. The summed E-state index contributed by atoms with van der Waals surface area (Å²) in [7, 11) is 0. The molecular formula is C20H28Cl2N2O2. The Morgan fingerprint density at radius 3 is 1.69 bits per heavy atom. The van der Waals surface area contributed by atoms with Crippen LogP contribution in [0.25, 0.3) is 0 Å². The minimum absolute atomic E-state index is 0.0654. The first-order chi connectivity index (χ1) is 12.5. The van der Waals surface area contributed by atoms with Gasteiger partial charge in [0.1, 0.15) is 0 Å². The molecular weight excluding hydrogens is 371 g/mol. The molecule has 2 rings (SSSR count). The maximum absolute atomic E-state index is 12.3. The smallest absolute Gasteiger partial charge is 0.313 e. The molecule has 1 saturated carbocycles. The van der Waals surface area contributed by atoms with Crippen molar-refractivity contribution in [3.63, 3.8) is 0 Å². The lowest BCUT2D eigenvalue weighted by atomic mass is 9.98. The molecule has 0 aliphatic heterocycles. The van der Waals surface area contributed by atoms with E-state index in [4.69, 9.17) is 23.2 Å². The van der Waals surface area contributed by atoms with Gasteiger partial charge in [-0.2, -0.15) is 0 Å². The van der Waals surface area contributed by atoms with E-state index in [-0.39, 0.29) is 6.04 Å². The fourth-order valence-electron chi connectivity index (χ4n) is 3.37. The topological polar surface area (TPSA) is 58.2 Å². The van der Waals surface area contributed by atoms with Gasteiger partial charge in [0, 0.05) is 21.8 Å². The van der Waals surface area contributed by atoms with E-state index in [0.29, 0.717) is 15.7 Å². The molecule has 0 radical (unpaired) electrons. The normalized spacial score (nSPS) is 17.6. The molecule has 1 aromatic carbocycles. The number of hydrogen-bond acceptors (Lipinski definition) is 2. The van der Waals surface area contributed by atoms with Crippen molar-refractivity contribution in [1.29, 1.82) is 0 Å². The first-order valence-electron chi connectivity index (χ1n) is 9.62. The van der Waals surface area contributed by atoms with Gasteiger partial charge in [0.2, 0.25) is 0 Å². The van der Waals surface area contributed by atoms with Crippen molar-refractivity contribution in [2.45, 2.75) is 76.7 Å². The van der Waals surface area contributed by atoms with E-state index >= 15 is 0 Å². The summed E-state index contributed by atoms with van der Waals surface area (Å²) in [6.45, 7) is 0. The molecule has 0 heterocycles. The lowest BCUT2D eigenvalue weighted by Crippen LogP contribution is -2.41. The molecule has 6 heteroatoms. The third kappa shape index (κ3) is 7.96. The molecule has 1 aromatic rings. The van der Waals surface area contributed by atoms with E-state index in [1.807, 2.05) is 0 Å². The van der Waals surface area contributed by atoms with Crippen molar-refractivity contribution < 1.29 is 9.59 Å². The Kier molecular flexibility index (Phi) is 9.27. The van der Waals surface area contributed by atoms with Crippen molar-refractivity contribution in [1.82, 2.24) is 5.32 Å². The van der Waals surface area contributed by atoms with Crippen molar-refractivity contribution in [2.75, 3.05) is 5.32 Å². The summed E-state index contributed by atoms with van der Waals surface area (Å²) >= 11 is 11.8. The van der Waals surface area contributed by atoms with Crippen LogP contribution < -0.4 is 10.6 Å². The summed E-state index contributed by atoms with van der Waals surface area (Å²) in [5.41, 5.74) is 0.418. The van der Waals surface area contributed by atoms with E-state index in [1.165, 1.54) is 44.9 Å². The van der Waals surface area contributed by atoms with Crippen LogP contribution in [0.1, 0.15) is 70.6 Å². The number of halogens is 2. The van der Waals surface area contributed by atoms with Gasteiger partial charge in [0.15, 0.2) is 0 Å². The quantitative estimate of drug-likeness (QED) is 0.625. The predicted molar refractivity (Wildman–Crippen MR) is 108 cm³/mol. The third-order valence-electron chi connectivity index (χ3n) is 4.77. The molecule has 0 bridgehead atoms. The number of carbonyl (C=O) groups is 2. The van der Waals surface area contributed by atoms with Gasteiger partial charge in [0.25, 0.3) is 0 Å². The Balaban J connectivity index is 1.86. The second kappa shape index (κ2) is 11.5. The largest absolute Gasteiger partial charge is 0.345 e. The summed E-state index contributed by atoms with van der Waals surface area (Å²) in [4.78, 5) is 24.4. The summed E-state index contributed by atoms with van der Waals surface area (Å²) in [6, 6.07) is 4.77. The number of carbonyl (C=O) groups excluding carboxylic acids is 2. The van der Waals surface area contributed by atoms with E-state index < -0.39 is 11.8 Å². The van der Waals surface area contributed by atoms with Gasteiger partial charge < -0.3 is 10.6 Å². The van der Waals surface area contributed by atoms with Crippen LogP contribution >= 0.6 is 23.2 Å². The van der Waals surface area contributed by atoms with Gasteiger partial charge in [0.05, 0.1) is 0 Å². The standard InChI is InChI=1S/C20H28Cl2N2O2/c21-15-12-16(22)14-18(13-15)24-20(26)19(25)23-17-10-8-6-4-2-1-3-5-7-9-11-17/h12-14,17H,1-11H2,(H,23,25)(H,24,26). The average molecular weight is 399 g/mol. The van der Waals surface area contributed by atoms with Crippen molar-refractivity contribution in [2.24, 2.45) is 0 Å². The van der Waals surface area contributed by atoms with E-state index in [9.17, 15) is 9.59 Å². The van der Waals surface area contributed by atoms with Crippen LogP contribution in [-0.2, 0) is 9.59 Å². The maximum Gasteiger partial charge on any atom is 0.313 e. The minimum Gasteiger partial charge on any atom is -0.345 e. The maximum atomic E-state index is 12.3. The van der Waals surface area contributed by atoms with E-state index in [2.05, 4.69) is 10.6 Å². The summed E-state index contributed by atoms with van der Waals surface area (Å²) in [6.07, 6.45) is 12.9. The highest BCUT2D eigenvalue weighted by Gasteiger charge is 2.19. The molecule has 2 amide bonds. The van der Waals surface area contributed by atoms with Gasteiger partial charge in [-0.3, -0.25) is 9.59 Å². The Morgan fingerprint density at radius 1 is 0.731 bits per heavy atom. The number of rotatable bonds is 2. The minimum atomic E-state index is -0.686. The lowest BCUT2D eigenvalue weighted by molar-refractivity contribution is -0.136. The molecule has 2 N–H and O–H groups in total. The van der Waals surface area contributed by atoms with Crippen LogP contribution in [0, 0.1) is 0 Å². The summed E-state index contributed by atoms with van der Waals surface area (Å²) in [5, 5.41) is 6.28. The zero-order valence-electron chi connectivity index (χ0n) is 15.2. The molecule has 0 unspecified atom stereocenters. The average Bonchev–Trinajstić information content (AvgIpc) is 2.56. The Hall–Kier alpha value is -1.26. The Morgan fingerprint density at radius 2 is 1.19 bits per heavy atom. The van der Waals surface area contributed by atoms with Gasteiger partial charge in [-0.1, -0.05) is 81.0 Å². The van der Waals surface area contributed by atoms with Gasteiger partial charge in [-0.15, -0.1) is 0 Å². The van der Waals surface area contributed by atoms with Crippen LogP contribution in [0.4, 0.5) is 5.69 Å². The molecule has 144 valence electrons. The monoisotopic (exact) mass is 398 g/mol. The number of anilines is 1. The zero-order valence-corrected chi connectivity index (χ0v) is 16.7. The first kappa shape index (κ1) is 21.0. The number of hydrogen-bond donors (Lipinski definition) is 2. The SMILES string of the molecule is O=C(Nc1cc(Cl)cc(Cl)c1)C(=O)NC1CCCCCCCCCCC1. The van der Waals surface area contributed by atoms with Crippen LogP contribution in [0.5, 0.6) is 0 Å². The molecule has 1 fully saturated rings. The first-order valence-corrected chi connectivity index (χ1v) is 10.4. The summed E-state index contributed by atoms with van der Waals surface area (Å²) < 4.78 is 0. The molecule has 0 spiro atoms. The fourth-order valence-corrected chi connectivity index (χ4v) is 3.90. The fraction of sp³-hybridized carbons (Fsp3) is 0.600. The van der Waals surface area contributed by atoms with Crippen LogP contribution in [0.15, 0.2) is 18.2 Å². The van der Waals surface area contributed by atoms with Crippen LogP contribution in [-0.4, -0.2) is 17.9 Å². The lowest BCUT2D eigenvalue weighted by Gasteiger charge is -2.19. The van der Waals surface area contributed by atoms with Crippen molar-refractivity contribution in [3.8, 4) is 0 Å². The van der Waals surface area contributed by atoms with Crippen LogP contribution in [0.3, 0.4) is 0 Å². The second-order valence-corrected chi connectivity index (χ2v) is 7.91. The van der Waals surface area contributed by atoms with Crippen LogP contribution in [0.2, 0.25) is 10.0 Å². The van der Waals surface area contributed by atoms with E-state index in [0.717, 1.165) is 25.7 Å². The molecule has 1 aliphatic rings. The van der Waals surface area contributed by atoms with Gasteiger partial charge in [-0.05, 0) is 31.0 Å².